The predicted molar refractivity (Wildman–Crippen MR) is 144 cm³/mol. The maximum Gasteiger partial charge on any atom is 0.237 e. The van der Waals surface area contributed by atoms with E-state index in [0.29, 0.717) is 30.2 Å². The van der Waals surface area contributed by atoms with Crippen LogP contribution in [0, 0.1) is 11.3 Å². The lowest BCUT2D eigenvalue weighted by atomic mass is 9.69. The van der Waals surface area contributed by atoms with E-state index < -0.39 is 34.3 Å². The molecule has 0 heterocycles. The van der Waals surface area contributed by atoms with E-state index in [-0.39, 0.29) is 26.5 Å². The van der Waals surface area contributed by atoms with Gasteiger partial charge in [0.05, 0.1) is 15.7 Å². The molecule has 0 spiro atoms. The smallest absolute Gasteiger partial charge is 0.237 e. The van der Waals surface area contributed by atoms with Crippen LogP contribution in [0.1, 0.15) is 65.7 Å². The molecule has 1 aromatic rings. The minimum absolute atomic E-state index is 0.0765. The van der Waals surface area contributed by atoms with Gasteiger partial charge in [-0.3, -0.25) is 9.59 Å². The summed E-state index contributed by atoms with van der Waals surface area (Å²) in [6.07, 6.45) is 7.44. The van der Waals surface area contributed by atoms with Crippen LogP contribution in [-0.4, -0.2) is 44.4 Å². The summed E-state index contributed by atoms with van der Waals surface area (Å²) in [4.78, 5) is 26.8. The first kappa shape index (κ1) is 30.4. The largest absolute Gasteiger partial charge is 0.325 e. The molecule has 1 aliphatic carbocycles. The molecule has 1 aliphatic rings. The Morgan fingerprint density at radius 1 is 1.03 bits per heavy atom. The summed E-state index contributed by atoms with van der Waals surface area (Å²) in [6, 6.07) is 2.73. The van der Waals surface area contributed by atoms with Gasteiger partial charge in [0.25, 0.3) is 0 Å². The Balaban J connectivity index is 2.48. The van der Waals surface area contributed by atoms with Gasteiger partial charge in [0, 0.05) is 22.8 Å². The maximum atomic E-state index is 13.6. The molecule has 7 nitrogen and oxygen atoms in total. The molecule has 12 heteroatoms. The van der Waals surface area contributed by atoms with Crippen molar-refractivity contribution in [2.24, 2.45) is 11.3 Å². The predicted octanol–water partition coefficient (Wildman–Crippen LogP) is 5.74. The van der Waals surface area contributed by atoms with Crippen molar-refractivity contribution in [1.29, 1.82) is 0 Å². The molecule has 0 radical (unpaired) electrons. The zero-order valence-electron chi connectivity index (χ0n) is 20.6. The number of thioether (sulfide) groups is 1. The van der Waals surface area contributed by atoms with E-state index in [2.05, 4.69) is 19.2 Å². The van der Waals surface area contributed by atoms with Crippen LogP contribution in [0.2, 0.25) is 10.0 Å². The van der Waals surface area contributed by atoms with Crippen LogP contribution in [0.4, 0.5) is 5.69 Å². The molecule has 0 bridgehead atoms. The first-order valence-electron chi connectivity index (χ1n) is 11.4. The molecule has 0 aliphatic heterocycles. The number of hydrogen-bond acceptors (Lipinski definition) is 7. The number of sulfone groups is 2. The zero-order valence-corrected chi connectivity index (χ0v) is 24.6. The van der Waals surface area contributed by atoms with E-state index in [4.69, 9.17) is 23.2 Å². The van der Waals surface area contributed by atoms with Gasteiger partial charge in [0.1, 0.15) is 0 Å². The first-order valence-corrected chi connectivity index (χ1v) is 16.7. The molecule has 1 saturated carbocycles. The molecule has 35 heavy (non-hydrogen) atoms. The highest BCUT2D eigenvalue weighted by Crippen LogP contribution is 2.44. The highest BCUT2D eigenvalue weighted by Gasteiger charge is 2.53. The molecule has 1 N–H and O–H groups in total. The Hall–Kier alpha value is -0.810. The Bertz CT molecular complexity index is 1160. The number of anilines is 1. The number of hydrogen-bond donors (Lipinski definition) is 1. The van der Waals surface area contributed by atoms with Crippen molar-refractivity contribution in [3.05, 3.63) is 22.2 Å². The molecular formula is C23H33Cl2NO6S3. The Morgan fingerprint density at radius 2 is 1.54 bits per heavy atom. The third kappa shape index (κ3) is 6.74. The van der Waals surface area contributed by atoms with Gasteiger partial charge < -0.3 is 5.32 Å². The van der Waals surface area contributed by atoms with Crippen LogP contribution in [0.25, 0.3) is 0 Å². The normalized spacial score (nSPS) is 16.8. The van der Waals surface area contributed by atoms with Gasteiger partial charge in [-0.15, -0.1) is 0 Å². The van der Waals surface area contributed by atoms with Crippen LogP contribution in [-0.2, 0) is 29.3 Å². The lowest BCUT2D eigenvalue weighted by molar-refractivity contribution is -0.128. The zero-order chi connectivity index (χ0) is 26.8. The van der Waals surface area contributed by atoms with Gasteiger partial charge in [-0.1, -0.05) is 56.3 Å². The second-order valence-electron chi connectivity index (χ2n) is 9.87. The summed E-state index contributed by atoms with van der Waals surface area (Å²) in [5, 5.41) is 1.98. The van der Waals surface area contributed by atoms with Crippen LogP contribution in [0.15, 0.2) is 17.0 Å². The fourth-order valence-electron chi connectivity index (χ4n) is 4.12. The van der Waals surface area contributed by atoms with Crippen molar-refractivity contribution in [2.75, 3.05) is 17.8 Å². The summed E-state index contributed by atoms with van der Waals surface area (Å²) in [7, 11) is -8.69. The summed E-state index contributed by atoms with van der Waals surface area (Å²) < 4.78 is 46.8. The van der Waals surface area contributed by atoms with E-state index in [9.17, 15) is 26.4 Å². The number of rotatable bonds is 9. The van der Waals surface area contributed by atoms with Gasteiger partial charge in [-0.25, -0.2) is 16.8 Å². The van der Waals surface area contributed by atoms with Crippen LogP contribution < -0.4 is 5.32 Å². The fourth-order valence-corrected chi connectivity index (χ4v) is 9.26. The lowest BCUT2D eigenvalue weighted by Crippen LogP contribution is -2.48. The molecule has 2 rings (SSSR count). The standard InChI is InChI=1S/C23H33Cl2NO6S3/c1-15(2)9-12-23(10-7-6-8-11-23)20(27)26-18-13-16(24)17(25)14-19(18)33-21(28)22(3,34(4,29)30)35(5,31)32/h13-15H,6-12H2,1-5H3,(H,26,27). The average molecular weight is 587 g/mol. The molecule has 0 aromatic heterocycles. The molecular weight excluding hydrogens is 553 g/mol. The Kier molecular flexibility index (Phi) is 9.81. The van der Waals surface area contributed by atoms with Gasteiger partial charge in [-0.2, -0.15) is 0 Å². The summed E-state index contributed by atoms with van der Waals surface area (Å²) in [5.41, 5.74) is -0.379. The van der Waals surface area contributed by atoms with E-state index in [1.807, 2.05) is 0 Å². The fraction of sp³-hybridized carbons (Fsp3) is 0.652. The van der Waals surface area contributed by atoms with Gasteiger partial charge in [0.2, 0.25) is 15.1 Å². The van der Waals surface area contributed by atoms with Gasteiger partial charge in [-0.05, 0) is 62.4 Å². The van der Waals surface area contributed by atoms with Crippen molar-refractivity contribution >= 4 is 71.3 Å². The Labute approximate surface area is 222 Å². The minimum Gasteiger partial charge on any atom is -0.325 e. The average Bonchev–Trinajstić information content (AvgIpc) is 2.74. The monoisotopic (exact) mass is 585 g/mol. The van der Waals surface area contributed by atoms with Gasteiger partial charge in [0.15, 0.2) is 19.7 Å². The van der Waals surface area contributed by atoms with Crippen LogP contribution >= 0.6 is 35.0 Å². The molecule has 0 unspecified atom stereocenters. The number of carbonyl (C=O) groups is 2. The van der Waals surface area contributed by atoms with E-state index in [1.165, 1.54) is 12.1 Å². The van der Waals surface area contributed by atoms with E-state index >= 15 is 0 Å². The second kappa shape index (κ2) is 11.3. The molecule has 1 fully saturated rings. The number of amides is 1. The number of nitrogens with one attached hydrogen (secondary N) is 1. The van der Waals surface area contributed by atoms with Crippen molar-refractivity contribution < 1.29 is 26.4 Å². The molecule has 198 valence electrons. The molecule has 0 atom stereocenters. The maximum absolute atomic E-state index is 13.6. The molecule has 0 saturated heterocycles. The number of benzene rings is 1. The van der Waals surface area contributed by atoms with Crippen molar-refractivity contribution in [2.45, 2.75) is 74.7 Å². The number of halogens is 2. The van der Waals surface area contributed by atoms with Crippen molar-refractivity contribution in [3.8, 4) is 0 Å². The second-order valence-corrected chi connectivity index (χ2v) is 16.7. The SMILES string of the molecule is CC(C)CCC1(C(=O)Nc2cc(Cl)c(Cl)cc2SC(=O)C(C)(S(C)(=O)=O)S(C)(=O)=O)CCCCC1. The van der Waals surface area contributed by atoms with Gasteiger partial charge >= 0.3 is 0 Å². The van der Waals surface area contributed by atoms with Crippen LogP contribution in [0.5, 0.6) is 0 Å². The van der Waals surface area contributed by atoms with Crippen molar-refractivity contribution in [1.82, 2.24) is 0 Å². The van der Waals surface area contributed by atoms with E-state index in [0.717, 1.165) is 51.9 Å². The lowest BCUT2D eigenvalue weighted by Gasteiger charge is -2.36. The summed E-state index contributed by atoms with van der Waals surface area (Å²) in [6.45, 7) is 5.08. The molecule has 1 aromatic carbocycles. The Morgan fingerprint density at radius 3 is 2.03 bits per heavy atom. The van der Waals surface area contributed by atoms with Crippen LogP contribution in [0.3, 0.4) is 0 Å². The highest BCUT2D eigenvalue weighted by atomic mass is 35.5. The van der Waals surface area contributed by atoms with Crippen molar-refractivity contribution in [3.63, 3.8) is 0 Å². The first-order chi connectivity index (χ1) is 15.9. The molecule has 1 amide bonds. The van der Waals surface area contributed by atoms with E-state index in [1.54, 1.807) is 0 Å². The topological polar surface area (TPSA) is 114 Å². The third-order valence-electron chi connectivity index (χ3n) is 6.75. The minimum atomic E-state index is -4.34. The quantitative estimate of drug-likeness (QED) is 0.367. The summed E-state index contributed by atoms with van der Waals surface area (Å²) >= 11 is 12.8. The summed E-state index contributed by atoms with van der Waals surface area (Å²) in [5.74, 6) is 0.236. The number of carbonyl (C=O) groups excluding carboxylic acids is 2. The highest BCUT2D eigenvalue weighted by molar-refractivity contribution is 8.20. The third-order valence-corrected chi connectivity index (χ3v) is 13.9.